The van der Waals surface area contributed by atoms with Crippen LogP contribution >= 0.6 is 11.6 Å². The first-order chi connectivity index (χ1) is 9.10. The predicted octanol–water partition coefficient (Wildman–Crippen LogP) is 3.79. The molecule has 0 atom stereocenters. The van der Waals surface area contributed by atoms with Crippen LogP contribution in [0.4, 0.5) is 0 Å². The Hall–Kier alpha value is -2.07. The Morgan fingerprint density at radius 3 is 2.84 bits per heavy atom. The third kappa shape index (κ3) is 3.23. The number of nitrogens with zero attached hydrogens (tertiary/aromatic N) is 1. The Morgan fingerprint density at radius 2 is 2.16 bits per heavy atom. The molecule has 0 aliphatic heterocycles. The highest BCUT2D eigenvalue weighted by molar-refractivity contribution is 6.29. The Bertz CT molecular complexity index is 613. The molecule has 0 radical (unpaired) electrons. The average Bonchev–Trinajstić information content (AvgIpc) is 2.38. The second-order valence-corrected chi connectivity index (χ2v) is 4.28. The third-order valence-electron chi connectivity index (χ3n) is 2.58. The molecule has 4 nitrogen and oxygen atoms in total. The Labute approximate surface area is 115 Å². The molecule has 5 heteroatoms. The van der Waals surface area contributed by atoms with Gasteiger partial charge in [0, 0.05) is 0 Å². The molecule has 0 saturated carbocycles. The number of ether oxygens (including phenoxy) is 1. The molecule has 1 N–H and O–H groups in total. The minimum atomic E-state index is -1.11. The number of rotatable bonds is 4. The van der Waals surface area contributed by atoms with Crippen molar-refractivity contribution in [2.75, 3.05) is 0 Å². The quantitative estimate of drug-likeness (QED) is 0.864. The number of pyridine rings is 1. The third-order valence-corrected chi connectivity index (χ3v) is 2.79. The van der Waals surface area contributed by atoms with Crippen molar-refractivity contribution in [2.45, 2.75) is 13.3 Å². The highest BCUT2D eigenvalue weighted by Crippen LogP contribution is 2.25. The standard InChI is InChI=1S/C14H12ClNO3/c1-2-9-4-3-5-10(8-9)19-13-11(14(17)18)6-7-12(15)16-13/h3-8H,2H2,1H3,(H,17,18). The smallest absolute Gasteiger partial charge is 0.341 e. The predicted molar refractivity (Wildman–Crippen MR) is 72.1 cm³/mol. The van der Waals surface area contributed by atoms with E-state index < -0.39 is 5.97 Å². The SMILES string of the molecule is CCc1cccc(Oc2nc(Cl)ccc2C(=O)O)c1. The summed E-state index contributed by atoms with van der Waals surface area (Å²) in [6, 6.07) is 10.2. The molecule has 0 fully saturated rings. The number of carboxylic acids is 1. The molecule has 0 amide bonds. The molecule has 0 spiro atoms. The van der Waals surface area contributed by atoms with E-state index >= 15 is 0 Å². The number of aromatic carboxylic acids is 1. The number of halogens is 1. The van der Waals surface area contributed by atoms with Crippen LogP contribution in [-0.2, 0) is 6.42 Å². The van der Waals surface area contributed by atoms with Gasteiger partial charge in [-0.05, 0) is 36.2 Å². The van der Waals surface area contributed by atoms with E-state index in [-0.39, 0.29) is 16.6 Å². The zero-order valence-corrected chi connectivity index (χ0v) is 11.0. The summed E-state index contributed by atoms with van der Waals surface area (Å²) in [7, 11) is 0. The number of carboxylic acid groups (broad SMARTS) is 1. The maximum Gasteiger partial charge on any atom is 0.341 e. The Morgan fingerprint density at radius 1 is 1.37 bits per heavy atom. The fourth-order valence-corrected chi connectivity index (χ4v) is 1.74. The molecule has 2 rings (SSSR count). The minimum absolute atomic E-state index is 0.00625. The number of benzene rings is 1. The van der Waals surface area contributed by atoms with Gasteiger partial charge in [0.15, 0.2) is 0 Å². The lowest BCUT2D eigenvalue weighted by molar-refractivity contribution is 0.0693. The summed E-state index contributed by atoms with van der Waals surface area (Å²) >= 11 is 5.76. The van der Waals surface area contributed by atoms with Gasteiger partial charge in [-0.2, -0.15) is 0 Å². The second-order valence-electron chi connectivity index (χ2n) is 3.89. The lowest BCUT2D eigenvalue weighted by atomic mass is 10.2. The van der Waals surface area contributed by atoms with Gasteiger partial charge in [-0.15, -0.1) is 0 Å². The van der Waals surface area contributed by atoms with Gasteiger partial charge in [0.05, 0.1) is 0 Å². The van der Waals surface area contributed by atoms with Crippen molar-refractivity contribution in [3.8, 4) is 11.6 Å². The van der Waals surface area contributed by atoms with Crippen molar-refractivity contribution in [1.82, 2.24) is 4.98 Å². The van der Waals surface area contributed by atoms with Crippen molar-refractivity contribution >= 4 is 17.6 Å². The number of hydrogen-bond donors (Lipinski definition) is 1. The summed E-state index contributed by atoms with van der Waals surface area (Å²) in [5.74, 6) is -0.573. The highest BCUT2D eigenvalue weighted by Gasteiger charge is 2.14. The van der Waals surface area contributed by atoms with E-state index in [9.17, 15) is 4.79 Å². The minimum Gasteiger partial charge on any atom is -0.477 e. The molecule has 1 aromatic heterocycles. The number of aryl methyl sites for hydroxylation is 1. The van der Waals surface area contributed by atoms with Gasteiger partial charge in [-0.1, -0.05) is 30.7 Å². The van der Waals surface area contributed by atoms with E-state index in [0.717, 1.165) is 12.0 Å². The van der Waals surface area contributed by atoms with Crippen LogP contribution in [0.5, 0.6) is 11.6 Å². The first-order valence-corrected chi connectivity index (χ1v) is 6.14. The monoisotopic (exact) mass is 277 g/mol. The van der Waals surface area contributed by atoms with E-state index in [1.165, 1.54) is 12.1 Å². The summed E-state index contributed by atoms with van der Waals surface area (Å²) in [5, 5.41) is 9.26. The summed E-state index contributed by atoms with van der Waals surface area (Å²) in [6.45, 7) is 2.03. The fraction of sp³-hybridized carbons (Fsp3) is 0.143. The average molecular weight is 278 g/mol. The van der Waals surface area contributed by atoms with Crippen LogP contribution in [0.3, 0.4) is 0 Å². The zero-order chi connectivity index (χ0) is 13.8. The zero-order valence-electron chi connectivity index (χ0n) is 10.3. The van der Waals surface area contributed by atoms with Crippen molar-refractivity contribution in [3.05, 3.63) is 52.7 Å². The van der Waals surface area contributed by atoms with Crippen molar-refractivity contribution in [2.24, 2.45) is 0 Å². The maximum absolute atomic E-state index is 11.1. The van der Waals surface area contributed by atoms with E-state index in [1.807, 2.05) is 25.1 Å². The molecule has 98 valence electrons. The van der Waals surface area contributed by atoms with Gasteiger partial charge >= 0.3 is 5.97 Å². The molecule has 1 aromatic carbocycles. The number of carbonyl (C=O) groups is 1. The molecule has 0 unspecified atom stereocenters. The molecule has 0 saturated heterocycles. The van der Waals surface area contributed by atoms with E-state index in [0.29, 0.717) is 5.75 Å². The molecule has 0 aliphatic rings. The van der Waals surface area contributed by atoms with Gasteiger partial charge in [0.2, 0.25) is 5.88 Å². The summed E-state index contributed by atoms with van der Waals surface area (Å²) in [5.41, 5.74) is 1.07. The van der Waals surface area contributed by atoms with Gasteiger partial charge in [0.1, 0.15) is 16.5 Å². The number of aromatic nitrogens is 1. The molecule has 0 bridgehead atoms. The first kappa shape index (κ1) is 13.4. The Kier molecular flexibility index (Phi) is 4.02. The van der Waals surface area contributed by atoms with E-state index in [2.05, 4.69) is 4.98 Å². The fourth-order valence-electron chi connectivity index (χ4n) is 1.60. The van der Waals surface area contributed by atoms with Crippen molar-refractivity contribution in [3.63, 3.8) is 0 Å². The van der Waals surface area contributed by atoms with Crippen LogP contribution < -0.4 is 4.74 Å². The van der Waals surface area contributed by atoms with Crippen LogP contribution in [0.25, 0.3) is 0 Å². The van der Waals surface area contributed by atoms with Crippen LogP contribution in [0.15, 0.2) is 36.4 Å². The molecule has 2 aromatic rings. The van der Waals surface area contributed by atoms with Gasteiger partial charge in [-0.25, -0.2) is 9.78 Å². The highest BCUT2D eigenvalue weighted by atomic mass is 35.5. The lowest BCUT2D eigenvalue weighted by Crippen LogP contribution is -2.02. The topological polar surface area (TPSA) is 59.4 Å². The summed E-state index contributed by atoms with van der Waals surface area (Å²) in [4.78, 5) is 15.0. The maximum atomic E-state index is 11.1. The summed E-state index contributed by atoms with van der Waals surface area (Å²) in [6.07, 6.45) is 0.867. The molecular formula is C14H12ClNO3. The Balaban J connectivity index is 2.36. The molecular weight excluding hydrogens is 266 g/mol. The first-order valence-electron chi connectivity index (χ1n) is 5.76. The van der Waals surface area contributed by atoms with Crippen molar-refractivity contribution < 1.29 is 14.6 Å². The van der Waals surface area contributed by atoms with Gasteiger partial charge in [-0.3, -0.25) is 0 Å². The largest absolute Gasteiger partial charge is 0.477 e. The van der Waals surface area contributed by atoms with Gasteiger partial charge < -0.3 is 9.84 Å². The lowest BCUT2D eigenvalue weighted by Gasteiger charge is -2.08. The van der Waals surface area contributed by atoms with Crippen LogP contribution in [0.1, 0.15) is 22.8 Å². The second kappa shape index (κ2) is 5.71. The van der Waals surface area contributed by atoms with Crippen LogP contribution in [-0.4, -0.2) is 16.1 Å². The van der Waals surface area contributed by atoms with Crippen molar-refractivity contribution in [1.29, 1.82) is 0 Å². The van der Waals surface area contributed by atoms with Crippen LogP contribution in [0.2, 0.25) is 5.15 Å². The summed E-state index contributed by atoms with van der Waals surface area (Å²) < 4.78 is 5.52. The van der Waals surface area contributed by atoms with Gasteiger partial charge in [0.25, 0.3) is 0 Å². The van der Waals surface area contributed by atoms with Crippen LogP contribution in [0, 0.1) is 0 Å². The normalized spacial score (nSPS) is 10.2. The molecule has 1 heterocycles. The molecule has 19 heavy (non-hydrogen) atoms. The molecule has 0 aliphatic carbocycles. The number of hydrogen-bond acceptors (Lipinski definition) is 3. The van der Waals surface area contributed by atoms with E-state index in [4.69, 9.17) is 21.4 Å². The van der Waals surface area contributed by atoms with E-state index in [1.54, 1.807) is 6.07 Å².